The highest BCUT2D eigenvalue weighted by Gasteiger charge is 2.08. The first kappa shape index (κ1) is 9.47. The number of amides is 1. The Labute approximate surface area is 75.0 Å². The zero-order valence-corrected chi connectivity index (χ0v) is 7.01. The van der Waals surface area contributed by atoms with E-state index in [1.54, 1.807) is 17.0 Å². The van der Waals surface area contributed by atoms with Crippen LogP contribution in [0, 0.1) is 0 Å². The molecule has 13 heavy (non-hydrogen) atoms. The summed E-state index contributed by atoms with van der Waals surface area (Å²) < 4.78 is 1.64. The fourth-order valence-electron chi connectivity index (χ4n) is 0.882. The predicted octanol–water partition coefficient (Wildman–Crippen LogP) is -1.34. The van der Waals surface area contributed by atoms with Gasteiger partial charge in [0, 0.05) is 31.1 Å². The van der Waals surface area contributed by atoms with Crippen LogP contribution in [0.3, 0.4) is 0 Å². The Kier molecular flexibility index (Phi) is 2.81. The number of rotatable bonds is 3. The van der Waals surface area contributed by atoms with Crippen LogP contribution in [0.25, 0.3) is 0 Å². The van der Waals surface area contributed by atoms with Gasteiger partial charge in [-0.1, -0.05) is 0 Å². The highest BCUT2D eigenvalue weighted by molar-refractivity contribution is 5.79. The third-order valence-corrected chi connectivity index (χ3v) is 1.63. The predicted molar refractivity (Wildman–Crippen MR) is 47.9 cm³/mol. The maximum Gasteiger partial charge on any atom is 0.236 e. The summed E-state index contributed by atoms with van der Waals surface area (Å²) in [4.78, 5) is 21.3. The molecule has 4 N–H and O–H groups in total. The summed E-state index contributed by atoms with van der Waals surface area (Å²) in [7, 11) is 0. The van der Waals surface area contributed by atoms with Crippen LogP contribution in [0.5, 0.6) is 0 Å². The first-order valence-corrected chi connectivity index (χ1v) is 3.80. The van der Waals surface area contributed by atoms with Crippen LogP contribution >= 0.6 is 0 Å². The van der Waals surface area contributed by atoms with E-state index in [-0.39, 0.29) is 12.0 Å². The monoisotopic (exact) mass is 181 g/mol. The number of nitrogens with two attached hydrogens (primary N) is 2. The van der Waals surface area contributed by atoms with E-state index in [9.17, 15) is 9.59 Å². The summed E-state index contributed by atoms with van der Waals surface area (Å²) in [6, 6.07) is 2.07. The van der Waals surface area contributed by atoms with Gasteiger partial charge in [0.1, 0.15) is 6.04 Å². The van der Waals surface area contributed by atoms with Gasteiger partial charge in [-0.15, -0.1) is 0 Å². The van der Waals surface area contributed by atoms with E-state index in [2.05, 4.69) is 0 Å². The van der Waals surface area contributed by atoms with Gasteiger partial charge in [-0.05, 0) is 0 Å². The molecular formula is C8H11N3O2. The number of carbonyl (C=O) groups is 1. The molecule has 1 atom stereocenters. The molecule has 1 heterocycles. The van der Waals surface area contributed by atoms with E-state index in [1.165, 1.54) is 12.1 Å². The fourth-order valence-corrected chi connectivity index (χ4v) is 0.882. The van der Waals surface area contributed by atoms with Crippen molar-refractivity contribution in [1.29, 1.82) is 0 Å². The van der Waals surface area contributed by atoms with Crippen LogP contribution in [-0.2, 0) is 11.3 Å². The third kappa shape index (κ3) is 2.72. The van der Waals surface area contributed by atoms with Crippen molar-refractivity contribution in [1.82, 2.24) is 4.57 Å². The van der Waals surface area contributed by atoms with Crippen molar-refractivity contribution in [2.24, 2.45) is 11.5 Å². The lowest BCUT2D eigenvalue weighted by Crippen LogP contribution is -2.39. The first-order chi connectivity index (χ1) is 6.09. The number of hydrogen-bond acceptors (Lipinski definition) is 3. The van der Waals surface area contributed by atoms with E-state index >= 15 is 0 Å². The molecule has 0 saturated carbocycles. The number of primary amides is 1. The van der Waals surface area contributed by atoms with E-state index in [0.29, 0.717) is 0 Å². The van der Waals surface area contributed by atoms with Gasteiger partial charge in [0.2, 0.25) is 5.91 Å². The molecule has 5 nitrogen and oxygen atoms in total. The molecule has 1 aromatic rings. The summed E-state index contributed by atoms with van der Waals surface area (Å²) in [6.45, 7) is 0.287. The minimum atomic E-state index is -0.720. The van der Waals surface area contributed by atoms with Gasteiger partial charge in [-0.2, -0.15) is 0 Å². The third-order valence-electron chi connectivity index (χ3n) is 1.63. The molecule has 0 radical (unpaired) electrons. The largest absolute Gasteiger partial charge is 0.368 e. The normalized spacial score (nSPS) is 12.4. The minimum absolute atomic E-state index is 0.0797. The van der Waals surface area contributed by atoms with Crippen LogP contribution in [0.2, 0.25) is 0 Å². The molecule has 0 bridgehead atoms. The van der Waals surface area contributed by atoms with E-state index in [4.69, 9.17) is 11.5 Å². The average molecular weight is 181 g/mol. The van der Waals surface area contributed by atoms with Crippen LogP contribution in [-0.4, -0.2) is 16.5 Å². The average Bonchev–Trinajstić information content (AvgIpc) is 2.08. The molecule has 1 amide bonds. The molecular weight excluding hydrogens is 170 g/mol. The second-order valence-electron chi connectivity index (χ2n) is 2.74. The Morgan fingerprint density at radius 2 is 2.00 bits per heavy atom. The fraction of sp³-hybridized carbons (Fsp3) is 0.250. The Balaban J connectivity index is 2.70. The molecule has 0 aliphatic carbocycles. The Hall–Kier alpha value is -1.62. The molecule has 0 aliphatic heterocycles. The Morgan fingerprint density at radius 1 is 1.46 bits per heavy atom. The van der Waals surface area contributed by atoms with E-state index in [0.717, 1.165) is 0 Å². The molecule has 0 fully saturated rings. The summed E-state index contributed by atoms with van der Waals surface area (Å²) in [5.41, 5.74) is 10.3. The standard InChI is InChI=1S/C8H11N3O2/c9-7(8(10)13)5-11-3-1-6(12)2-4-11/h1-4,7H,5,9H2,(H2,10,13). The number of carbonyl (C=O) groups excluding carboxylic acids is 1. The Morgan fingerprint density at radius 3 is 2.46 bits per heavy atom. The zero-order valence-electron chi connectivity index (χ0n) is 7.01. The number of nitrogens with zero attached hydrogens (tertiary/aromatic N) is 1. The molecule has 0 spiro atoms. The molecule has 0 aliphatic rings. The smallest absolute Gasteiger partial charge is 0.236 e. The topological polar surface area (TPSA) is 91.1 Å². The molecule has 5 heteroatoms. The van der Waals surface area contributed by atoms with Gasteiger partial charge < -0.3 is 16.0 Å². The SMILES string of the molecule is NC(=O)C(N)Cn1ccc(=O)cc1. The van der Waals surface area contributed by atoms with Crippen molar-refractivity contribution in [3.63, 3.8) is 0 Å². The zero-order chi connectivity index (χ0) is 9.84. The summed E-state index contributed by atoms with van der Waals surface area (Å²) in [5, 5.41) is 0. The van der Waals surface area contributed by atoms with Crippen LogP contribution in [0.1, 0.15) is 0 Å². The van der Waals surface area contributed by atoms with Gasteiger partial charge in [-0.3, -0.25) is 9.59 Å². The van der Waals surface area contributed by atoms with Crippen molar-refractivity contribution in [2.75, 3.05) is 0 Å². The second-order valence-corrected chi connectivity index (χ2v) is 2.74. The van der Waals surface area contributed by atoms with Crippen LogP contribution < -0.4 is 16.9 Å². The van der Waals surface area contributed by atoms with Crippen LogP contribution in [0.15, 0.2) is 29.3 Å². The second kappa shape index (κ2) is 3.86. The van der Waals surface area contributed by atoms with Gasteiger partial charge in [0.25, 0.3) is 0 Å². The summed E-state index contributed by atoms with van der Waals surface area (Å²) in [5.74, 6) is -0.557. The van der Waals surface area contributed by atoms with Crippen LogP contribution in [0.4, 0.5) is 0 Å². The lowest BCUT2D eigenvalue weighted by atomic mass is 10.3. The highest BCUT2D eigenvalue weighted by atomic mass is 16.1. The van der Waals surface area contributed by atoms with Gasteiger partial charge in [0.15, 0.2) is 5.43 Å². The molecule has 1 aromatic heterocycles. The Bertz CT molecular complexity index is 338. The van der Waals surface area contributed by atoms with Gasteiger partial charge in [-0.25, -0.2) is 0 Å². The number of pyridine rings is 1. The maximum atomic E-state index is 10.7. The lowest BCUT2D eigenvalue weighted by molar-refractivity contribution is -0.119. The number of aromatic nitrogens is 1. The van der Waals surface area contributed by atoms with Crippen molar-refractivity contribution in [3.8, 4) is 0 Å². The summed E-state index contributed by atoms with van der Waals surface area (Å²) >= 11 is 0. The van der Waals surface area contributed by atoms with Crippen molar-refractivity contribution >= 4 is 5.91 Å². The molecule has 1 unspecified atom stereocenters. The van der Waals surface area contributed by atoms with Crippen molar-refractivity contribution in [2.45, 2.75) is 12.6 Å². The quantitative estimate of drug-likeness (QED) is 0.604. The first-order valence-electron chi connectivity index (χ1n) is 3.80. The van der Waals surface area contributed by atoms with Gasteiger partial charge >= 0.3 is 0 Å². The highest BCUT2D eigenvalue weighted by Crippen LogP contribution is 1.87. The van der Waals surface area contributed by atoms with E-state index in [1.807, 2.05) is 0 Å². The van der Waals surface area contributed by atoms with Crippen molar-refractivity contribution < 1.29 is 4.79 Å². The lowest BCUT2D eigenvalue weighted by Gasteiger charge is -2.09. The minimum Gasteiger partial charge on any atom is -0.368 e. The molecule has 1 rings (SSSR count). The summed E-state index contributed by atoms with van der Waals surface area (Å²) in [6.07, 6.45) is 3.12. The van der Waals surface area contributed by atoms with E-state index < -0.39 is 11.9 Å². The molecule has 70 valence electrons. The molecule has 0 aromatic carbocycles. The van der Waals surface area contributed by atoms with Crippen molar-refractivity contribution in [3.05, 3.63) is 34.7 Å². The molecule has 0 saturated heterocycles. The van der Waals surface area contributed by atoms with Gasteiger partial charge in [0.05, 0.1) is 0 Å². The number of hydrogen-bond donors (Lipinski definition) is 2. The maximum absolute atomic E-state index is 10.7.